The van der Waals surface area contributed by atoms with Crippen LogP contribution in [0, 0.1) is 0 Å². The molecular weight excluding hydrogens is 240 g/mol. The molecule has 0 spiro atoms. The normalized spacial score (nSPS) is 10.2. The molecule has 0 saturated heterocycles. The maximum atomic E-state index is 8.61. The van der Waals surface area contributed by atoms with E-state index >= 15 is 0 Å². The summed E-state index contributed by atoms with van der Waals surface area (Å²) in [5, 5.41) is 9.22. The molecule has 0 saturated carbocycles. The number of aliphatic hydroxyl groups excluding tert-OH is 1. The Labute approximate surface area is 104 Å². The average Bonchev–Trinajstić information content (AvgIpc) is 2.38. The van der Waals surface area contributed by atoms with Crippen LogP contribution in [-0.4, -0.2) is 28.3 Å². The molecule has 4 nitrogen and oxygen atoms in total. The van der Waals surface area contributed by atoms with Gasteiger partial charge in [-0.2, -0.15) is 0 Å². The van der Waals surface area contributed by atoms with Crippen molar-refractivity contribution < 1.29 is 9.84 Å². The molecule has 0 bridgehead atoms. The Kier molecular flexibility index (Phi) is 3.90. The number of hydrogen-bond donors (Lipinski definition) is 1. The molecule has 1 aromatic carbocycles. The van der Waals surface area contributed by atoms with Gasteiger partial charge in [0.25, 0.3) is 0 Å². The first-order valence-corrected chi connectivity index (χ1v) is 5.49. The molecule has 5 heteroatoms. The second kappa shape index (κ2) is 5.61. The molecule has 0 aliphatic heterocycles. The van der Waals surface area contributed by atoms with Crippen molar-refractivity contribution in [3.63, 3.8) is 0 Å². The smallest absolute Gasteiger partial charge is 0.160 e. The predicted octanol–water partition coefficient (Wildman–Crippen LogP) is 2.17. The van der Waals surface area contributed by atoms with Crippen molar-refractivity contribution in [1.82, 2.24) is 9.97 Å². The molecule has 1 N–H and O–H groups in total. The number of halogens is 1. The van der Waals surface area contributed by atoms with Crippen molar-refractivity contribution in [3.05, 3.63) is 41.7 Å². The van der Waals surface area contributed by atoms with Gasteiger partial charge in [-0.05, 0) is 12.1 Å². The van der Waals surface area contributed by atoms with Crippen molar-refractivity contribution in [2.75, 3.05) is 13.2 Å². The summed E-state index contributed by atoms with van der Waals surface area (Å²) in [5.41, 5.74) is 0.780. The highest BCUT2D eigenvalue weighted by Crippen LogP contribution is 2.24. The number of benzene rings is 1. The van der Waals surface area contributed by atoms with Gasteiger partial charge in [-0.3, -0.25) is 0 Å². The molecule has 2 aromatic rings. The summed E-state index contributed by atoms with van der Waals surface area (Å²) in [6.45, 7) is 0.196. The molecule has 1 aromatic heterocycles. The standard InChI is InChI=1S/C12H11ClN2O2/c13-11-4-2-1-3-10(11)12-14-7-9(8-15-12)17-6-5-16/h1-4,7-8,16H,5-6H2. The maximum absolute atomic E-state index is 8.61. The number of ether oxygens (including phenoxy) is 1. The third-order valence-electron chi connectivity index (χ3n) is 2.10. The Bertz CT molecular complexity index is 488. The lowest BCUT2D eigenvalue weighted by atomic mass is 10.2. The van der Waals surface area contributed by atoms with E-state index in [9.17, 15) is 0 Å². The van der Waals surface area contributed by atoms with Gasteiger partial charge in [0, 0.05) is 5.56 Å². The Morgan fingerprint density at radius 2 is 1.88 bits per heavy atom. The minimum Gasteiger partial charge on any atom is -0.488 e. The lowest BCUT2D eigenvalue weighted by Gasteiger charge is -2.05. The van der Waals surface area contributed by atoms with Crippen molar-refractivity contribution in [2.45, 2.75) is 0 Å². The zero-order valence-electron chi connectivity index (χ0n) is 9.01. The monoisotopic (exact) mass is 250 g/mol. The highest BCUT2D eigenvalue weighted by molar-refractivity contribution is 6.33. The zero-order valence-corrected chi connectivity index (χ0v) is 9.76. The predicted molar refractivity (Wildman–Crippen MR) is 65.1 cm³/mol. The Morgan fingerprint density at radius 3 is 2.53 bits per heavy atom. The third kappa shape index (κ3) is 2.93. The highest BCUT2D eigenvalue weighted by atomic mass is 35.5. The van der Waals surface area contributed by atoms with Gasteiger partial charge in [0.05, 0.1) is 24.0 Å². The first-order valence-electron chi connectivity index (χ1n) is 5.12. The molecular formula is C12H11ClN2O2. The van der Waals surface area contributed by atoms with Crippen LogP contribution in [0.15, 0.2) is 36.7 Å². The molecule has 1 heterocycles. The fourth-order valence-electron chi connectivity index (χ4n) is 1.34. The van der Waals surface area contributed by atoms with Gasteiger partial charge < -0.3 is 9.84 Å². The van der Waals surface area contributed by atoms with Crippen LogP contribution in [0.25, 0.3) is 11.4 Å². The number of rotatable bonds is 4. The van der Waals surface area contributed by atoms with E-state index in [0.29, 0.717) is 16.6 Å². The molecule has 17 heavy (non-hydrogen) atoms. The third-order valence-corrected chi connectivity index (χ3v) is 2.43. The summed E-state index contributed by atoms with van der Waals surface area (Å²) in [4.78, 5) is 8.32. The lowest BCUT2D eigenvalue weighted by Crippen LogP contribution is -2.02. The number of nitrogens with zero attached hydrogens (tertiary/aromatic N) is 2. The summed E-state index contributed by atoms with van der Waals surface area (Å²) in [6.07, 6.45) is 3.11. The van der Waals surface area contributed by atoms with Crippen molar-refractivity contribution in [2.24, 2.45) is 0 Å². The molecule has 2 rings (SSSR count). The van der Waals surface area contributed by atoms with Gasteiger partial charge in [0.1, 0.15) is 6.61 Å². The van der Waals surface area contributed by atoms with Crippen molar-refractivity contribution in [3.8, 4) is 17.1 Å². The molecule has 0 aliphatic carbocycles. The Hall–Kier alpha value is -1.65. The van der Waals surface area contributed by atoms with E-state index in [1.54, 1.807) is 18.5 Å². The van der Waals surface area contributed by atoms with E-state index in [0.717, 1.165) is 5.56 Å². The highest BCUT2D eigenvalue weighted by Gasteiger charge is 2.05. The van der Waals surface area contributed by atoms with Gasteiger partial charge in [-0.15, -0.1) is 0 Å². The quantitative estimate of drug-likeness (QED) is 0.904. The van der Waals surface area contributed by atoms with Crippen molar-refractivity contribution >= 4 is 11.6 Å². The van der Waals surface area contributed by atoms with E-state index in [1.807, 2.05) is 18.2 Å². The summed E-state index contributed by atoms with van der Waals surface area (Å²) >= 11 is 6.04. The van der Waals surface area contributed by atoms with Crippen LogP contribution in [0.1, 0.15) is 0 Å². The second-order valence-corrected chi connectivity index (χ2v) is 3.70. The van der Waals surface area contributed by atoms with E-state index in [2.05, 4.69) is 9.97 Å². The molecule has 0 atom stereocenters. The summed E-state index contributed by atoms with van der Waals surface area (Å²) in [7, 11) is 0. The van der Waals surface area contributed by atoms with E-state index in [1.165, 1.54) is 0 Å². The molecule has 0 fully saturated rings. The van der Waals surface area contributed by atoms with Crippen LogP contribution in [0.5, 0.6) is 5.75 Å². The average molecular weight is 251 g/mol. The molecule has 0 aliphatic rings. The second-order valence-electron chi connectivity index (χ2n) is 3.29. The van der Waals surface area contributed by atoms with Crippen LogP contribution in [0.3, 0.4) is 0 Å². The number of hydrogen-bond acceptors (Lipinski definition) is 4. The number of aliphatic hydroxyl groups is 1. The van der Waals surface area contributed by atoms with Crippen LogP contribution in [0.2, 0.25) is 5.02 Å². The van der Waals surface area contributed by atoms with Crippen LogP contribution >= 0.6 is 11.6 Å². The fourth-order valence-corrected chi connectivity index (χ4v) is 1.56. The van der Waals surface area contributed by atoms with E-state index in [-0.39, 0.29) is 13.2 Å². The SMILES string of the molecule is OCCOc1cnc(-c2ccccc2Cl)nc1. The minimum atomic E-state index is -0.0355. The lowest BCUT2D eigenvalue weighted by molar-refractivity contribution is 0.200. The Balaban J connectivity index is 2.21. The van der Waals surface area contributed by atoms with Gasteiger partial charge in [-0.1, -0.05) is 23.7 Å². The number of aromatic nitrogens is 2. The largest absolute Gasteiger partial charge is 0.488 e. The topological polar surface area (TPSA) is 55.2 Å². The van der Waals surface area contributed by atoms with Crippen molar-refractivity contribution in [1.29, 1.82) is 0 Å². The Morgan fingerprint density at radius 1 is 1.18 bits per heavy atom. The van der Waals surface area contributed by atoms with E-state index < -0.39 is 0 Å². The first-order chi connectivity index (χ1) is 8.31. The summed E-state index contributed by atoms with van der Waals surface area (Å²) in [5.74, 6) is 1.07. The maximum Gasteiger partial charge on any atom is 0.160 e. The molecule has 0 unspecified atom stereocenters. The minimum absolute atomic E-state index is 0.0355. The van der Waals surface area contributed by atoms with Crippen LogP contribution in [0.4, 0.5) is 0 Å². The first kappa shape index (κ1) is 11.8. The fraction of sp³-hybridized carbons (Fsp3) is 0.167. The summed E-state index contributed by atoms with van der Waals surface area (Å²) in [6, 6.07) is 7.37. The molecule has 0 radical (unpaired) electrons. The zero-order chi connectivity index (χ0) is 12.1. The van der Waals surface area contributed by atoms with Gasteiger partial charge in [0.2, 0.25) is 0 Å². The summed E-state index contributed by atoms with van der Waals surface area (Å²) < 4.78 is 5.17. The van der Waals surface area contributed by atoms with Gasteiger partial charge in [-0.25, -0.2) is 9.97 Å². The van der Waals surface area contributed by atoms with E-state index in [4.69, 9.17) is 21.4 Å². The van der Waals surface area contributed by atoms with Gasteiger partial charge >= 0.3 is 0 Å². The molecule has 0 amide bonds. The van der Waals surface area contributed by atoms with Crippen LogP contribution in [-0.2, 0) is 0 Å². The molecule has 88 valence electrons. The van der Waals surface area contributed by atoms with Crippen LogP contribution < -0.4 is 4.74 Å². The van der Waals surface area contributed by atoms with Gasteiger partial charge in [0.15, 0.2) is 11.6 Å².